The monoisotopic (exact) mass is 569 g/mol. The van der Waals surface area contributed by atoms with Gasteiger partial charge in [0, 0.05) is 12.5 Å². The van der Waals surface area contributed by atoms with Crippen LogP contribution >= 0.6 is 0 Å². The molecule has 0 spiro atoms. The van der Waals surface area contributed by atoms with Crippen LogP contribution in [-0.2, 0) is 21.3 Å². The Morgan fingerprint density at radius 1 is 0.927 bits per heavy atom. The highest BCUT2D eigenvalue weighted by molar-refractivity contribution is 6.35. The number of benzene rings is 3. The van der Waals surface area contributed by atoms with Crippen LogP contribution in [-0.4, -0.2) is 46.2 Å². The number of nitrogens with zero attached hydrogens (tertiary/aromatic N) is 3. The van der Waals surface area contributed by atoms with Gasteiger partial charge in [-0.05, 0) is 85.6 Å². The first-order valence-corrected chi connectivity index (χ1v) is 15.1. The fraction of sp³-hybridized carbons (Fsp3) is 0.364. The van der Waals surface area contributed by atoms with E-state index in [2.05, 4.69) is 37.8 Å². The molecule has 0 bridgehead atoms. The third kappa shape index (κ3) is 5.39. The Hall–Kier alpha value is -3.59. The summed E-state index contributed by atoms with van der Waals surface area (Å²) in [5.41, 5.74) is 5.47. The molecule has 7 nitrogen and oxygen atoms in total. The second-order valence-corrected chi connectivity index (χ2v) is 12.5. The van der Waals surface area contributed by atoms with E-state index >= 15 is 0 Å². The molecule has 0 aromatic heterocycles. The molecule has 41 heavy (non-hydrogen) atoms. The third-order valence-corrected chi connectivity index (χ3v) is 8.82. The predicted molar refractivity (Wildman–Crippen MR) is 165 cm³/mol. The minimum atomic E-state index is -0.382. The van der Waals surface area contributed by atoms with Gasteiger partial charge in [-0.25, -0.2) is 4.90 Å². The second-order valence-electron chi connectivity index (χ2n) is 12.1. The summed E-state index contributed by atoms with van der Waals surface area (Å²) in [6.45, 7) is 12.8. The molecule has 0 saturated carbocycles. The van der Waals surface area contributed by atoms with E-state index in [9.17, 15) is 14.4 Å². The van der Waals surface area contributed by atoms with Crippen molar-refractivity contribution in [2.45, 2.75) is 59.4 Å². The first kappa shape index (κ1) is 28.9. The third-order valence-electron chi connectivity index (χ3n) is 8.46. The van der Waals surface area contributed by atoms with Crippen LogP contribution in [0.25, 0.3) is 0 Å². The van der Waals surface area contributed by atoms with Crippen molar-refractivity contribution in [3.05, 3.63) is 94.0 Å². The summed E-state index contributed by atoms with van der Waals surface area (Å²) in [7, 11) is 0.266. The molecule has 0 radical (unpaired) electrons. The number of hydroxylamine groups is 1. The number of hydrogen-bond acceptors (Lipinski definition) is 5. The van der Waals surface area contributed by atoms with E-state index in [-0.39, 0.29) is 39.5 Å². The topological polar surface area (TPSA) is 70.2 Å². The number of carbonyl (C=O) groups excluding carboxylic acids is 3. The molecule has 1 fully saturated rings. The first-order valence-electron chi connectivity index (χ1n) is 14.3. The minimum absolute atomic E-state index is 0.125. The van der Waals surface area contributed by atoms with E-state index in [1.165, 1.54) is 15.5 Å². The Bertz CT molecular complexity index is 1460. The van der Waals surface area contributed by atoms with Gasteiger partial charge in [0.1, 0.15) is 0 Å². The lowest BCUT2D eigenvalue weighted by atomic mass is 9.81. The average Bonchev–Trinajstić information content (AvgIpc) is 3.20. The molecule has 2 aliphatic rings. The van der Waals surface area contributed by atoms with Crippen molar-refractivity contribution in [2.24, 2.45) is 5.92 Å². The average molecular weight is 570 g/mol. The summed E-state index contributed by atoms with van der Waals surface area (Å²) in [6, 6.07) is 19.2. The predicted octanol–water partition coefficient (Wildman–Crippen LogP) is 4.86. The summed E-state index contributed by atoms with van der Waals surface area (Å²) in [4.78, 5) is 45.0. The van der Waals surface area contributed by atoms with Crippen LogP contribution in [0.4, 0.5) is 11.4 Å². The Morgan fingerprint density at radius 2 is 1.49 bits per heavy atom. The van der Waals surface area contributed by atoms with Gasteiger partial charge in [-0.3, -0.25) is 19.3 Å². The van der Waals surface area contributed by atoms with Gasteiger partial charge in [0.2, 0.25) is 0 Å². The molecule has 3 aromatic rings. The highest BCUT2D eigenvalue weighted by Crippen LogP contribution is 2.44. The summed E-state index contributed by atoms with van der Waals surface area (Å²) in [6.07, 6.45) is 1.43. The largest absolute Gasteiger partial charge is 0.325 e. The van der Waals surface area contributed by atoms with Crippen molar-refractivity contribution < 1.29 is 18.9 Å². The van der Waals surface area contributed by atoms with Crippen molar-refractivity contribution in [3.8, 4) is 0 Å². The number of rotatable bonds is 6. The maximum absolute atomic E-state index is 14.1. The lowest BCUT2D eigenvalue weighted by molar-refractivity contribution is -0.128. The van der Waals surface area contributed by atoms with E-state index in [1.807, 2.05) is 38.1 Å². The van der Waals surface area contributed by atoms with Gasteiger partial charge >= 0.3 is 0 Å². The molecule has 3 aromatic carbocycles. The summed E-state index contributed by atoms with van der Waals surface area (Å²) in [5, 5.41) is 1.38. The van der Waals surface area contributed by atoms with Gasteiger partial charge in [0.05, 0.1) is 22.5 Å². The normalized spacial score (nSPS) is 16.4. The van der Waals surface area contributed by atoms with Gasteiger partial charge in [0.25, 0.3) is 17.7 Å². The van der Waals surface area contributed by atoms with E-state index in [0.717, 1.165) is 36.3 Å². The maximum Gasteiger partial charge on any atom is 0.266 e. The number of piperidine rings is 1. The van der Waals surface area contributed by atoms with Crippen molar-refractivity contribution in [3.63, 3.8) is 0 Å². The van der Waals surface area contributed by atoms with Gasteiger partial charge in [-0.1, -0.05) is 63.2 Å². The standard InChI is InChI=1S/C33H39N3O4Si/c1-21-22(2)29(35-31(38)25-13-9-10-14-26(25)32(35)39)28(19-27(21)33(3,4)5)36(40-41)30(37)24-15-17-34(18-16-24)20-23-11-7-6-8-12-23/h6-14,19,24H,15-18,20H2,1-5,41H3. The zero-order valence-electron chi connectivity index (χ0n) is 24.9. The molecular weight excluding hydrogens is 530 g/mol. The smallest absolute Gasteiger partial charge is 0.266 e. The fourth-order valence-electron chi connectivity index (χ4n) is 6.15. The van der Waals surface area contributed by atoms with Gasteiger partial charge in [-0.15, -0.1) is 0 Å². The first-order chi connectivity index (χ1) is 19.5. The Kier molecular flexibility index (Phi) is 8.01. The van der Waals surface area contributed by atoms with Crippen LogP contribution < -0.4 is 9.96 Å². The van der Waals surface area contributed by atoms with Crippen molar-refractivity contribution in [1.29, 1.82) is 0 Å². The zero-order valence-corrected chi connectivity index (χ0v) is 26.9. The fourth-order valence-corrected chi connectivity index (χ4v) is 6.52. The Morgan fingerprint density at radius 3 is 2.02 bits per heavy atom. The molecule has 5 rings (SSSR count). The van der Waals surface area contributed by atoms with E-state index in [4.69, 9.17) is 4.53 Å². The van der Waals surface area contributed by atoms with Gasteiger partial charge in [-0.2, -0.15) is 5.06 Å². The van der Waals surface area contributed by atoms with Gasteiger partial charge < -0.3 is 4.53 Å². The molecule has 1 saturated heterocycles. The van der Waals surface area contributed by atoms with Crippen LogP contribution in [0.1, 0.15) is 76.6 Å². The number of imide groups is 1. The minimum Gasteiger partial charge on any atom is -0.325 e. The number of likely N-dealkylation sites (tertiary alicyclic amines) is 1. The maximum atomic E-state index is 14.1. The Labute approximate surface area is 245 Å². The summed E-state index contributed by atoms with van der Waals surface area (Å²) >= 11 is 0. The Balaban J connectivity index is 1.50. The highest BCUT2D eigenvalue weighted by atomic mass is 28.2. The van der Waals surface area contributed by atoms with Crippen LogP contribution in [0.15, 0.2) is 60.7 Å². The molecular formula is C33H39N3O4Si. The van der Waals surface area contributed by atoms with E-state index < -0.39 is 0 Å². The SMILES string of the molecule is Cc1c(C(C)(C)C)cc(N(O[SiH3])C(=O)C2CCN(Cc3ccccc3)CC2)c(N2C(=O)c3ccccc3C2=O)c1C. The van der Waals surface area contributed by atoms with Crippen molar-refractivity contribution in [2.75, 3.05) is 23.1 Å². The number of fused-ring (bicyclic) bond motifs is 1. The van der Waals surface area contributed by atoms with Crippen LogP contribution in [0, 0.1) is 19.8 Å². The van der Waals surface area contributed by atoms with E-state index in [0.29, 0.717) is 35.3 Å². The second kappa shape index (κ2) is 11.4. The molecule has 2 aliphatic heterocycles. The van der Waals surface area contributed by atoms with Crippen LogP contribution in [0.2, 0.25) is 0 Å². The molecule has 8 heteroatoms. The number of anilines is 2. The highest BCUT2D eigenvalue weighted by Gasteiger charge is 2.41. The number of amides is 3. The van der Waals surface area contributed by atoms with Crippen molar-refractivity contribution in [1.82, 2.24) is 4.90 Å². The molecule has 3 amide bonds. The molecule has 0 N–H and O–H groups in total. The number of carbonyl (C=O) groups is 3. The zero-order chi connectivity index (χ0) is 29.5. The number of hydrogen-bond donors (Lipinski definition) is 0. The summed E-state index contributed by atoms with van der Waals surface area (Å²) in [5.74, 6) is -1.10. The molecule has 0 unspecified atom stereocenters. The van der Waals surface area contributed by atoms with Gasteiger partial charge in [0.15, 0.2) is 10.5 Å². The van der Waals surface area contributed by atoms with Crippen LogP contribution in [0.3, 0.4) is 0 Å². The quantitative estimate of drug-likeness (QED) is 0.241. The lowest BCUT2D eigenvalue weighted by Crippen LogP contribution is -2.43. The lowest BCUT2D eigenvalue weighted by Gasteiger charge is -2.36. The van der Waals surface area contributed by atoms with Crippen molar-refractivity contribution >= 4 is 39.6 Å². The summed E-state index contributed by atoms with van der Waals surface area (Å²) < 4.78 is 5.94. The molecule has 0 atom stereocenters. The van der Waals surface area contributed by atoms with E-state index in [1.54, 1.807) is 24.3 Å². The van der Waals surface area contributed by atoms with Crippen LogP contribution in [0.5, 0.6) is 0 Å². The molecule has 214 valence electrons. The molecule has 2 heterocycles. The molecule has 0 aliphatic carbocycles.